The van der Waals surface area contributed by atoms with Crippen molar-refractivity contribution in [3.8, 4) is 0 Å². The predicted octanol–water partition coefficient (Wildman–Crippen LogP) is 4.88. The molecule has 4 rings (SSSR count). The molecule has 0 aromatic heterocycles. The van der Waals surface area contributed by atoms with E-state index in [1.807, 2.05) is 12.1 Å². The lowest BCUT2D eigenvalue weighted by atomic mass is 9.85. The van der Waals surface area contributed by atoms with Crippen LogP contribution in [0.1, 0.15) is 34.8 Å². The highest BCUT2D eigenvalue weighted by atomic mass is 35.5. The molecule has 0 N–H and O–H groups in total. The topological polar surface area (TPSA) is 23.6 Å². The molecule has 2 aliphatic rings. The summed E-state index contributed by atoms with van der Waals surface area (Å²) in [5, 5.41) is 0. The van der Waals surface area contributed by atoms with E-state index < -0.39 is 17.5 Å². The summed E-state index contributed by atoms with van der Waals surface area (Å²) >= 11 is 0. The second-order valence-corrected chi connectivity index (χ2v) is 7.55. The van der Waals surface area contributed by atoms with Crippen molar-refractivity contribution < 1.29 is 18.0 Å². The molecule has 0 bridgehead atoms. The summed E-state index contributed by atoms with van der Waals surface area (Å²) in [6.45, 7) is 7.17. The fourth-order valence-corrected chi connectivity index (χ4v) is 4.09. The zero-order valence-corrected chi connectivity index (χ0v) is 17.6. The molecule has 3 nitrogen and oxygen atoms in total. The highest BCUT2D eigenvalue weighted by Gasteiger charge is 2.24. The van der Waals surface area contributed by atoms with Gasteiger partial charge in [0.05, 0.1) is 0 Å². The fraction of sp³-hybridized carbons (Fsp3) is 0.348. The van der Waals surface area contributed by atoms with Crippen LogP contribution in [0, 0.1) is 17.5 Å². The standard InChI is InChI=1S/C23H23F3N2O.ClH/c1-2-27-7-9-28(10-8-27)19-5-6-20-15(13-19)3-4-16(23(20)29)11-17-12-18(24)14-21(25)22(17)26;/h5-6,11-14H,2-4,7-10H2,1H3;1H/b16-11+;. The number of benzene rings is 2. The van der Waals surface area contributed by atoms with Crippen molar-refractivity contribution in [2.45, 2.75) is 19.8 Å². The zero-order chi connectivity index (χ0) is 20.5. The van der Waals surface area contributed by atoms with Crippen LogP contribution in [-0.2, 0) is 6.42 Å². The molecular weight excluding hydrogens is 413 g/mol. The van der Waals surface area contributed by atoms with Gasteiger partial charge in [-0.25, -0.2) is 13.2 Å². The Labute approximate surface area is 180 Å². The Bertz CT molecular complexity index is 985. The molecule has 7 heteroatoms. The molecule has 2 aromatic carbocycles. The van der Waals surface area contributed by atoms with Gasteiger partial charge in [-0.1, -0.05) is 6.92 Å². The van der Waals surface area contributed by atoms with Crippen LogP contribution in [0.3, 0.4) is 0 Å². The lowest BCUT2D eigenvalue weighted by Crippen LogP contribution is -2.46. The smallest absolute Gasteiger partial charge is 0.189 e. The number of Topliss-reactive ketones (excluding diaryl/α,β-unsaturated/α-hetero) is 1. The first-order valence-corrected chi connectivity index (χ1v) is 9.96. The van der Waals surface area contributed by atoms with E-state index in [1.165, 1.54) is 6.08 Å². The summed E-state index contributed by atoms with van der Waals surface area (Å²) in [4.78, 5) is 17.6. The minimum absolute atomic E-state index is 0. The number of rotatable bonds is 3. The lowest BCUT2D eigenvalue weighted by molar-refractivity contribution is 0.102. The summed E-state index contributed by atoms with van der Waals surface area (Å²) < 4.78 is 40.9. The third-order valence-corrected chi connectivity index (χ3v) is 5.82. The molecule has 0 amide bonds. The van der Waals surface area contributed by atoms with Crippen molar-refractivity contribution in [2.75, 3.05) is 37.6 Å². The quantitative estimate of drug-likeness (QED) is 0.506. The number of fused-ring (bicyclic) bond motifs is 1. The van der Waals surface area contributed by atoms with Gasteiger partial charge in [-0.2, -0.15) is 0 Å². The van der Waals surface area contributed by atoms with Crippen LogP contribution in [0.25, 0.3) is 6.08 Å². The molecule has 0 radical (unpaired) electrons. The van der Waals surface area contributed by atoms with Gasteiger partial charge in [0.25, 0.3) is 0 Å². The SMILES string of the molecule is CCN1CCN(c2ccc3c(c2)CC/C(=C\c2cc(F)cc(F)c2F)C3=O)CC1.Cl. The number of ketones is 1. The van der Waals surface area contributed by atoms with E-state index in [0.717, 1.165) is 50.0 Å². The number of nitrogens with zero attached hydrogens (tertiary/aromatic N) is 2. The number of allylic oxidation sites excluding steroid dienone is 1. The van der Waals surface area contributed by atoms with E-state index in [-0.39, 0.29) is 23.8 Å². The van der Waals surface area contributed by atoms with Crippen LogP contribution in [0.2, 0.25) is 0 Å². The molecule has 0 unspecified atom stereocenters. The fourth-order valence-electron chi connectivity index (χ4n) is 4.09. The molecule has 1 fully saturated rings. The average Bonchev–Trinajstić information content (AvgIpc) is 2.73. The van der Waals surface area contributed by atoms with Crippen LogP contribution in [0.5, 0.6) is 0 Å². The third kappa shape index (κ3) is 4.40. The largest absolute Gasteiger partial charge is 0.369 e. The van der Waals surface area contributed by atoms with E-state index in [0.29, 0.717) is 30.0 Å². The Hall–Kier alpha value is -2.31. The lowest BCUT2D eigenvalue weighted by Gasteiger charge is -2.36. The number of hydrogen-bond donors (Lipinski definition) is 0. The van der Waals surface area contributed by atoms with Crippen molar-refractivity contribution >= 4 is 30.0 Å². The first kappa shape index (κ1) is 22.4. The Morgan fingerprint density at radius 2 is 1.73 bits per heavy atom. The van der Waals surface area contributed by atoms with Gasteiger partial charge in [-0.15, -0.1) is 12.4 Å². The molecule has 1 saturated heterocycles. The third-order valence-electron chi connectivity index (χ3n) is 5.82. The van der Waals surface area contributed by atoms with Crippen molar-refractivity contribution in [1.29, 1.82) is 0 Å². The minimum Gasteiger partial charge on any atom is -0.369 e. The van der Waals surface area contributed by atoms with Gasteiger partial charge < -0.3 is 9.80 Å². The second-order valence-electron chi connectivity index (χ2n) is 7.55. The van der Waals surface area contributed by atoms with Crippen molar-refractivity contribution in [3.05, 3.63) is 70.0 Å². The molecule has 2 aromatic rings. The number of hydrogen-bond acceptors (Lipinski definition) is 3. The van der Waals surface area contributed by atoms with Gasteiger partial charge in [0.1, 0.15) is 5.82 Å². The Balaban J connectivity index is 0.00000256. The summed E-state index contributed by atoms with van der Waals surface area (Å²) in [6.07, 6.45) is 2.32. The molecule has 30 heavy (non-hydrogen) atoms. The highest BCUT2D eigenvalue weighted by molar-refractivity contribution is 6.13. The van der Waals surface area contributed by atoms with E-state index >= 15 is 0 Å². The van der Waals surface area contributed by atoms with Crippen LogP contribution < -0.4 is 4.90 Å². The molecule has 0 spiro atoms. The number of piperazine rings is 1. The summed E-state index contributed by atoms with van der Waals surface area (Å²) in [7, 11) is 0. The second kappa shape index (κ2) is 9.23. The number of aryl methyl sites for hydroxylation is 1. The molecular formula is C23H24ClF3N2O. The average molecular weight is 437 g/mol. The Morgan fingerprint density at radius 1 is 1.00 bits per heavy atom. The monoisotopic (exact) mass is 436 g/mol. The van der Waals surface area contributed by atoms with E-state index in [4.69, 9.17) is 0 Å². The van der Waals surface area contributed by atoms with Crippen molar-refractivity contribution in [1.82, 2.24) is 4.90 Å². The highest BCUT2D eigenvalue weighted by Crippen LogP contribution is 2.31. The molecule has 1 aliphatic heterocycles. The summed E-state index contributed by atoms with van der Waals surface area (Å²) in [6, 6.07) is 7.23. The predicted molar refractivity (Wildman–Crippen MR) is 115 cm³/mol. The maximum atomic E-state index is 14.0. The Kier molecular flexibility index (Phi) is 6.88. The van der Waals surface area contributed by atoms with Crippen molar-refractivity contribution in [3.63, 3.8) is 0 Å². The van der Waals surface area contributed by atoms with E-state index in [9.17, 15) is 18.0 Å². The van der Waals surface area contributed by atoms with Crippen LogP contribution in [-0.4, -0.2) is 43.4 Å². The molecule has 160 valence electrons. The summed E-state index contributed by atoms with van der Waals surface area (Å²) in [5.41, 5.74) is 2.78. The van der Waals surface area contributed by atoms with Crippen LogP contribution in [0.15, 0.2) is 35.9 Å². The summed E-state index contributed by atoms with van der Waals surface area (Å²) in [5.74, 6) is -3.47. The van der Waals surface area contributed by atoms with Crippen LogP contribution in [0.4, 0.5) is 18.9 Å². The van der Waals surface area contributed by atoms with Gasteiger partial charge in [0.2, 0.25) is 0 Å². The molecule has 1 heterocycles. The maximum absolute atomic E-state index is 14.0. The van der Waals surface area contributed by atoms with E-state index in [1.54, 1.807) is 0 Å². The number of likely N-dealkylation sites (N-methyl/N-ethyl adjacent to an activating group) is 1. The van der Waals surface area contributed by atoms with E-state index in [2.05, 4.69) is 22.8 Å². The normalized spacial score (nSPS) is 18.3. The molecule has 0 saturated carbocycles. The van der Waals surface area contributed by atoms with Crippen molar-refractivity contribution in [2.24, 2.45) is 0 Å². The van der Waals surface area contributed by atoms with Crippen LogP contribution >= 0.6 is 12.4 Å². The molecule has 1 aliphatic carbocycles. The molecule has 0 atom stereocenters. The van der Waals surface area contributed by atoms with Gasteiger partial charge in [0.15, 0.2) is 17.4 Å². The minimum atomic E-state index is -1.26. The van der Waals surface area contributed by atoms with Gasteiger partial charge >= 0.3 is 0 Å². The Morgan fingerprint density at radius 3 is 2.43 bits per heavy atom. The first-order chi connectivity index (χ1) is 14.0. The van der Waals surface area contributed by atoms with Gasteiger partial charge in [-0.05, 0) is 55.3 Å². The number of halogens is 4. The zero-order valence-electron chi connectivity index (χ0n) is 16.8. The first-order valence-electron chi connectivity index (χ1n) is 9.96. The number of carbonyl (C=O) groups excluding carboxylic acids is 1. The van der Waals surface area contributed by atoms with Gasteiger partial charge in [0, 0.05) is 54.6 Å². The maximum Gasteiger partial charge on any atom is 0.189 e. The number of anilines is 1. The van der Waals surface area contributed by atoms with Gasteiger partial charge in [-0.3, -0.25) is 4.79 Å². The number of carbonyl (C=O) groups is 1.